The molecule has 0 saturated carbocycles. The SMILES string of the molecule is Cc1sc2[nH]c(=S)n(-c3c(Cl)cccc3Cl)c(=O)c2c1C. The molecule has 3 rings (SSSR count). The second kappa shape index (κ2) is 5.25. The van der Waals surface area contributed by atoms with E-state index in [0.29, 0.717) is 21.1 Å². The summed E-state index contributed by atoms with van der Waals surface area (Å²) in [6.07, 6.45) is 0. The van der Waals surface area contributed by atoms with E-state index in [1.165, 1.54) is 15.9 Å². The van der Waals surface area contributed by atoms with E-state index in [9.17, 15) is 4.79 Å². The smallest absolute Gasteiger partial charge is 0.268 e. The van der Waals surface area contributed by atoms with Crippen LogP contribution in [0.3, 0.4) is 0 Å². The highest BCUT2D eigenvalue weighted by Gasteiger charge is 2.17. The number of benzene rings is 1. The molecule has 0 radical (unpaired) electrons. The molecule has 0 aliphatic rings. The van der Waals surface area contributed by atoms with E-state index in [2.05, 4.69) is 4.98 Å². The first-order chi connectivity index (χ1) is 9.91. The first kappa shape index (κ1) is 14.8. The van der Waals surface area contributed by atoms with Gasteiger partial charge >= 0.3 is 0 Å². The summed E-state index contributed by atoms with van der Waals surface area (Å²) >= 11 is 19.2. The lowest BCUT2D eigenvalue weighted by atomic mass is 10.2. The van der Waals surface area contributed by atoms with E-state index in [1.54, 1.807) is 18.2 Å². The van der Waals surface area contributed by atoms with Crippen LogP contribution < -0.4 is 5.56 Å². The van der Waals surface area contributed by atoms with Crippen molar-refractivity contribution in [1.82, 2.24) is 9.55 Å². The van der Waals surface area contributed by atoms with Gasteiger partial charge in [0.1, 0.15) is 4.83 Å². The van der Waals surface area contributed by atoms with Gasteiger partial charge in [0.2, 0.25) is 0 Å². The molecule has 2 aromatic heterocycles. The van der Waals surface area contributed by atoms with Crippen LogP contribution in [0.1, 0.15) is 10.4 Å². The van der Waals surface area contributed by atoms with E-state index in [-0.39, 0.29) is 10.3 Å². The number of nitrogens with zero attached hydrogens (tertiary/aromatic N) is 1. The standard InChI is InChI=1S/C14H10Cl2N2OS2/c1-6-7(2)21-12-10(6)13(19)18(14(20)17-12)11-8(15)4-3-5-9(11)16/h3-5H,1-2H3,(H,17,20). The van der Waals surface area contributed by atoms with Crippen molar-refractivity contribution in [3.63, 3.8) is 0 Å². The normalized spacial score (nSPS) is 11.2. The molecule has 0 atom stereocenters. The third-order valence-electron chi connectivity index (χ3n) is 3.39. The molecule has 0 saturated heterocycles. The van der Waals surface area contributed by atoms with Crippen molar-refractivity contribution >= 4 is 57.0 Å². The quantitative estimate of drug-likeness (QED) is 0.620. The Balaban J connectivity index is 2.53. The molecule has 3 aromatic rings. The van der Waals surface area contributed by atoms with E-state index in [0.717, 1.165) is 15.3 Å². The van der Waals surface area contributed by atoms with Gasteiger partial charge in [-0.15, -0.1) is 11.3 Å². The minimum Gasteiger partial charge on any atom is -0.323 e. The Morgan fingerprint density at radius 2 is 1.86 bits per heavy atom. The van der Waals surface area contributed by atoms with Crippen molar-refractivity contribution in [2.24, 2.45) is 0 Å². The van der Waals surface area contributed by atoms with Gasteiger partial charge in [-0.1, -0.05) is 29.3 Å². The van der Waals surface area contributed by atoms with Crippen LogP contribution in [0, 0.1) is 18.6 Å². The maximum Gasteiger partial charge on any atom is 0.268 e. The molecule has 0 bridgehead atoms. The van der Waals surface area contributed by atoms with Crippen molar-refractivity contribution in [3.8, 4) is 5.69 Å². The number of aryl methyl sites for hydroxylation is 2. The number of hydrogen-bond donors (Lipinski definition) is 1. The lowest BCUT2D eigenvalue weighted by Gasteiger charge is -2.10. The lowest BCUT2D eigenvalue weighted by molar-refractivity contribution is 0.942. The largest absolute Gasteiger partial charge is 0.323 e. The summed E-state index contributed by atoms with van der Waals surface area (Å²) in [5.41, 5.74) is 1.16. The first-order valence-corrected chi connectivity index (χ1v) is 8.09. The molecule has 1 N–H and O–H groups in total. The Kier molecular flexibility index (Phi) is 3.69. The number of rotatable bonds is 1. The highest BCUT2D eigenvalue weighted by molar-refractivity contribution is 7.71. The number of H-pyrrole nitrogens is 1. The number of aromatic amines is 1. The van der Waals surface area contributed by atoms with Crippen LogP contribution in [0.15, 0.2) is 23.0 Å². The third kappa shape index (κ3) is 2.25. The third-order valence-corrected chi connectivity index (χ3v) is 5.40. The summed E-state index contributed by atoms with van der Waals surface area (Å²) < 4.78 is 1.64. The second-order valence-electron chi connectivity index (χ2n) is 4.63. The molecule has 108 valence electrons. The molecule has 21 heavy (non-hydrogen) atoms. The van der Waals surface area contributed by atoms with Gasteiger partial charge in [-0.2, -0.15) is 0 Å². The van der Waals surface area contributed by atoms with Gasteiger partial charge in [-0.25, -0.2) is 4.57 Å². The van der Waals surface area contributed by atoms with Crippen molar-refractivity contribution in [2.75, 3.05) is 0 Å². The predicted octanol–water partition coefficient (Wildman–Crippen LogP) is 5.03. The van der Waals surface area contributed by atoms with Crippen LogP contribution in [-0.4, -0.2) is 9.55 Å². The Bertz CT molecular complexity index is 965. The zero-order chi connectivity index (χ0) is 15.3. The highest BCUT2D eigenvalue weighted by atomic mass is 35.5. The Morgan fingerprint density at radius 1 is 1.24 bits per heavy atom. The van der Waals surface area contributed by atoms with Crippen LogP contribution in [0.5, 0.6) is 0 Å². The monoisotopic (exact) mass is 356 g/mol. The lowest BCUT2D eigenvalue weighted by Crippen LogP contribution is -2.21. The maximum atomic E-state index is 12.9. The molecule has 2 heterocycles. The molecule has 0 spiro atoms. The minimum atomic E-state index is -0.203. The number of hydrogen-bond acceptors (Lipinski definition) is 3. The van der Waals surface area contributed by atoms with Gasteiger partial charge in [0.25, 0.3) is 5.56 Å². The van der Waals surface area contributed by atoms with Gasteiger partial charge in [0, 0.05) is 4.88 Å². The fraction of sp³-hybridized carbons (Fsp3) is 0.143. The summed E-state index contributed by atoms with van der Waals surface area (Å²) in [6.45, 7) is 3.90. The minimum absolute atomic E-state index is 0.203. The first-order valence-electron chi connectivity index (χ1n) is 6.11. The summed E-state index contributed by atoms with van der Waals surface area (Å²) in [5.74, 6) is 0. The van der Waals surface area contributed by atoms with Crippen molar-refractivity contribution < 1.29 is 0 Å². The van der Waals surface area contributed by atoms with Gasteiger partial charge in [0.05, 0.1) is 21.1 Å². The van der Waals surface area contributed by atoms with Crippen LogP contribution in [0.4, 0.5) is 0 Å². The Hall–Kier alpha value is -1.14. The molecular weight excluding hydrogens is 347 g/mol. The van der Waals surface area contributed by atoms with Gasteiger partial charge < -0.3 is 4.98 Å². The maximum absolute atomic E-state index is 12.9. The Morgan fingerprint density at radius 3 is 2.48 bits per heavy atom. The molecular formula is C14H10Cl2N2OS2. The van der Waals surface area contributed by atoms with E-state index in [4.69, 9.17) is 35.4 Å². The van der Waals surface area contributed by atoms with E-state index >= 15 is 0 Å². The fourth-order valence-electron chi connectivity index (χ4n) is 2.24. The second-order valence-corrected chi connectivity index (χ2v) is 7.05. The van der Waals surface area contributed by atoms with Crippen LogP contribution >= 0.6 is 46.8 Å². The van der Waals surface area contributed by atoms with Gasteiger partial charge in [-0.3, -0.25) is 4.79 Å². The average Bonchev–Trinajstić information content (AvgIpc) is 2.68. The number of nitrogens with one attached hydrogen (secondary N) is 1. The number of aromatic nitrogens is 2. The summed E-state index contributed by atoms with van der Waals surface area (Å²) in [7, 11) is 0. The van der Waals surface area contributed by atoms with E-state index < -0.39 is 0 Å². The fourth-order valence-corrected chi connectivity index (χ4v) is 4.19. The molecule has 0 aliphatic heterocycles. The number of fused-ring (bicyclic) bond motifs is 1. The molecule has 7 heteroatoms. The van der Waals surface area contributed by atoms with Gasteiger partial charge in [0.15, 0.2) is 4.77 Å². The molecule has 3 nitrogen and oxygen atoms in total. The van der Waals surface area contributed by atoms with Crippen LogP contribution in [-0.2, 0) is 0 Å². The zero-order valence-electron chi connectivity index (χ0n) is 11.2. The summed E-state index contributed by atoms with van der Waals surface area (Å²) in [4.78, 5) is 17.8. The molecule has 0 unspecified atom stereocenters. The molecule has 1 aromatic carbocycles. The number of para-hydroxylation sites is 1. The summed E-state index contributed by atoms with van der Waals surface area (Å²) in [6, 6.07) is 5.09. The van der Waals surface area contributed by atoms with Crippen molar-refractivity contribution in [1.29, 1.82) is 0 Å². The average molecular weight is 357 g/mol. The molecule has 0 aliphatic carbocycles. The zero-order valence-corrected chi connectivity index (χ0v) is 14.3. The van der Waals surface area contributed by atoms with Crippen molar-refractivity contribution in [2.45, 2.75) is 13.8 Å². The number of halogens is 2. The van der Waals surface area contributed by atoms with Crippen LogP contribution in [0.2, 0.25) is 10.0 Å². The van der Waals surface area contributed by atoms with Gasteiger partial charge in [-0.05, 0) is 43.8 Å². The van der Waals surface area contributed by atoms with Crippen LogP contribution in [0.25, 0.3) is 15.9 Å². The number of thiophene rings is 1. The molecule has 0 fully saturated rings. The summed E-state index contributed by atoms with van der Waals surface area (Å²) in [5, 5.41) is 1.39. The van der Waals surface area contributed by atoms with Crippen molar-refractivity contribution in [3.05, 3.63) is 53.8 Å². The predicted molar refractivity (Wildman–Crippen MR) is 92.1 cm³/mol. The van der Waals surface area contributed by atoms with E-state index in [1.807, 2.05) is 13.8 Å². The molecule has 0 amide bonds. The highest BCUT2D eigenvalue weighted by Crippen LogP contribution is 2.30. The topological polar surface area (TPSA) is 37.8 Å². The Labute approximate surface area is 139 Å².